The number of hydrogen-bond donors (Lipinski definition) is 0. The van der Waals surface area contributed by atoms with E-state index in [2.05, 4.69) is 15.9 Å². The molecule has 0 radical (unpaired) electrons. The number of carbonyl (C=O) groups excluding carboxylic acids is 3. The fourth-order valence-corrected chi connectivity index (χ4v) is 5.13. The van der Waals surface area contributed by atoms with Crippen molar-refractivity contribution in [2.45, 2.75) is 11.8 Å². The number of carbonyl (C=O) groups is 3. The van der Waals surface area contributed by atoms with Crippen molar-refractivity contribution in [3.8, 4) is 5.75 Å². The van der Waals surface area contributed by atoms with E-state index in [0.29, 0.717) is 26.4 Å². The molecule has 32 heavy (non-hydrogen) atoms. The smallest absolute Gasteiger partial charge is 0.327 e. The van der Waals surface area contributed by atoms with Crippen molar-refractivity contribution in [2.24, 2.45) is 5.92 Å². The van der Waals surface area contributed by atoms with Gasteiger partial charge in [0.05, 0.1) is 16.1 Å². The highest BCUT2D eigenvalue weighted by Crippen LogP contribution is 2.54. The van der Waals surface area contributed by atoms with Gasteiger partial charge in [0, 0.05) is 17.0 Å². The molecule has 2 amide bonds. The highest BCUT2D eigenvalue weighted by Gasteiger charge is 2.62. The summed E-state index contributed by atoms with van der Waals surface area (Å²) in [6.07, 6.45) is -0.208. The van der Waals surface area contributed by atoms with Crippen LogP contribution in [-0.4, -0.2) is 17.8 Å². The molecule has 0 aliphatic carbocycles. The number of anilines is 1. The van der Waals surface area contributed by atoms with Crippen molar-refractivity contribution in [3.63, 3.8) is 0 Å². The van der Waals surface area contributed by atoms with Crippen LogP contribution in [0.1, 0.15) is 17.5 Å². The molecule has 2 heterocycles. The van der Waals surface area contributed by atoms with E-state index in [9.17, 15) is 18.8 Å². The molecule has 5 nitrogen and oxygen atoms in total. The zero-order chi connectivity index (χ0) is 22.6. The Kier molecular flexibility index (Phi) is 4.91. The Morgan fingerprint density at radius 2 is 1.69 bits per heavy atom. The zero-order valence-electron chi connectivity index (χ0n) is 16.3. The molecule has 1 fully saturated rings. The molecule has 0 N–H and O–H groups in total. The normalized spacial score (nSPS) is 22.3. The van der Waals surface area contributed by atoms with Gasteiger partial charge in [0.15, 0.2) is 0 Å². The molecular weight excluding hydrogens is 501 g/mol. The number of amides is 2. The second-order valence-corrected chi connectivity index (χ2v) is 8.91. The summed E-state index contributed by atoms with van der Waals surface area (Å²) in [6, 6.07) is 16.9. The molecule has 2 atom stereocenters. The minimum atomic E-state index is -1.54. The second kappa shape index (κ2) is 7.53. The number of benzene rings is 3. The van der Waals surface area contributed by atoms with Crippen LogP contribution in [-0.2, 0) is 19.8 Å². The number of esters is 1. The standard InChI is InChI=1S/C24H14BrClFNO4/c25-19-3-1-2-17-21(19)32-23(31)24(17,13-4-6-14(26)7-5-13)18-12-20(29)28(22(18)30)16-10-8-15(27)9-11-16/h1-11,18H,12H2/t18-,24+/m1/s1. The van der Waals surface area contributed by atoms with E-state index >= 15 is 0 Å². The van der Waals surface area contributed by atoms with Gasteiger partial charge in [-0.05, 0) is 64.0 Å². The Hall–Kier alpha value is -3.03. The fourth-order valence-electron chi connectivity index (χ4n) is 4.56. The average molecular weight is 515 g/mol. The van der Waals surface area contributed by atoms with Crippen molar-refractivity contribution in [2.75, 3.05) is 4.90 Å². The van der Waals surface area contributed by atoms with Crippen LogP contribution in [0, 0.1) is 11.7 Å². The third kappa shape index (κ3) is 2.92. The van der Waals surface area contributed by atoms with E-state index in [1.807, 2.05) is 0 Å². The summed E-state index contributed by atoms with van der Waals surface area (Å²) in [5, 5.41) is 0.464. The first-order valence-electron chi connectivity index (χ1n) is 9.73. The van der Waals surface area contributed by atoms with E-state index in [-0.39, 0.29) is 12.1 Å². The highest BCUT2D eigenvalue weighted by atomic mass is 79.9. The minimum absolute atomic E-state index is 0.208. The van der Waals surface area contributed by atoms with Crippen LogP contribution in [0.5, 0.6) is 5.75 Å². The molecule has 5 rings (SSSR count). The summed E-state index contributed by atoms with van der Waals surface area (Å²) in [6.45, 7) is 0. The van der Waals surface area contributed by atoms with Crippen LogP contribution in [0.2, 0.25) is 5.02 Å². The summed E-state index contributed by atoms with van der Waals surface area (Å²) < 4.78 is 19.6. The van der Waals surface area contributed by atoms with Crippen LogP contribution in [0.15, 0.2) is 71.2 Å². The molecule has 2 aliphatic heterocycles. The maximum absolute atomic E-state index is 13.6. The third-order valence-corrected chi connectivity index (χ3v) is 6.84. The number of nitrogens with zero attached hydrogens (tertiary/aromatic N) is 1. The molecule has 3 aromatic rings. The first kappa shape index (κ1) is 20.8. The van der Waals surface area contributed by atoms with Gasteiger partial charge < -0.3 is 4.74 Å². The van der Waals surface area contributed by atoms with Crippen LogP contribution in [0.3, 0.4) is 0 Å². The number of halogens is 3. The maximum Gasteiger partial charge on any atom is 0.327 e. The SMILES string of the molecule is O=C1C[C@@H]([C@@]2(c3ccc(Cl)cc3)C(=O)Oc3c(Br)cccc32)C(=O)N1c1ccc(F)cc1. The van der Waals surface area contributed by atoms with Crippen molar-refractivity contribution in [3.05, 3.63) is 93.2 Å². The van der Waals surface area contributed by atoms with Gasteiger partial charge in [0.25, 0.3) is 0 Å². The molecule has 0 unspecified atom stereocenters. The Labute approximate surface area is 195 Å². The van der Waals surface area contributed by atoms with Crippen molar-refractivity contribution in [1.82, 2.24) is 0 Å². The molecule has 2 aliphatic rings. The Morgan fingerprint density at radius 3 is 2.38 bits per heavy atom. The van der Waals surface area contributed by atoms with Gasteiger partial charge in [-0.1, -0.05) is 35.9 Å². The predicted octanol–water partition coefficient (Wildman–Crippen LogP) is 5.03. The molecular formula is C24H14BrClFNO4. The first-order valence-corrected chi connectivity index (χ1v) is 10.9. The molecule has 0 bridgehead atoms. The molecule has 1 saturated heterocycles. The Bertz CT molecular complexity index is 1280. The van der Waals surface area contributed by atoms with Crippen LogP contribution < -0.4 is 9.64 Å². The second-order valence-electron chi connectivity index (χ2n) is 7.62. The highest BCUT2D eigenvalue weighted by molar-refractivity contribution is 9.10. The molecule has 0 aromatic heterocycles. The zero-order valence-corrected chi connectivity index (χ0v) is 18.7. The van der Waals surface area contributed by atoms with Gasteiger partial charge in [-0.15, -0.1) is 0 Å². The lowest BCUT2D eigenvalue weighted by molar-refractivity contribution is -0.141. The van der Waals surface area contributed by atoms with Gasteiger partial charge in [-0.3, -0.25) is 19.3 Å². The van der Waals surface area contributed by atoms with Crippen molar-refractivity contribution >= 4 is 51.0 Å². The lowest BCUT2D eigenvalue weighted by atomic mass is 9.66. The minimum Gasteiger partial charge on any atom is -0.424 e. The van der Waals surface area contributed by atoms with Gasteiger partial charge in [-0.2, -0.15) is 0 Å². The van der Waals surface area contributed by atoms with E-state index < -0.39 is 34.9 Å². The van der Waals surface area contributed by atoms with Gasteiger partial charge in [0.1, 0.15) is 17.0 Å². The molecule has 160 valence electrons. The first-order chi connectivity index (χ1) is 15.3. The largest absolute Gasteiger partial charge is 0.424 e. The lowest BCUT2D eigenvalue weighted by Gasteiger charge is -2.31. The molecule has 8 heteroatoms. The predicted molar refractivity (Wildman–Crippen MR) is 119 cm³/mol. The summed E-state index contributed by atoms with van der Waals surface area (Å²) >= 11 is 9.47. The van der Waals surface area contributed by atoms with Crippen molar-refractivity contribution < 1.29 is 23.5 Å². The third-order valence-electron chi connectivity index (χ3n) is 5.96. The van der Waals surface area contributed by atoms with E-state index in [1.165, 1.54) is 24.3 Å². The summed E-state index contributed by atoms with van der Waals surface area (Å²) in [5.74, 6) is -2.90. The fraction of sp³-hybridized carbons (Fsp3) is 0.125. The number of ether oxygens (including phenoxy) is 1. The number of fused-ring (bicyclic) bond motifs is 1. The number of hydrogen-bond acceptors (Lipinski definition) is 4. The number of para-hydroxylation sites is 1. The van der Waals surface area contributed by atoms with Gasteiger partial charge in [0.2, 0.25) is 11.8 Å². The molecule has 0 spiro atoms. The monoisotopic (exact) mass is 513 g/mol. The molecule has 3 aromatic carbocycles. The maximum atomic E-state index is 13.6. The quantitative estimate of drug-likeness (QED) is 0.280. The summed E-state index contributed by atoms with van der Waals surface area (Å²) in [5.41, 5.74) is -0.302. The van der Waals surface area contributed by atoms with Crippen LogP contribution in [0.4, 0.5) is 10.1 Å². The van der Waals surface area contributed by atoms with E-state index in [1.54, 1.807) is 42.5 Å². The Morgan fingerprint density at radius 1 is 1.00 bits per heavy atom. The topological polar surface area (TPSA) is 63.7 Å². The van der Waals surface area contributed by atoms with Crippen molar-refractivity contribution in [1.29, 1.82) is 0 Å². The Balaban J connectivity index is 1.71. The van der Waals surface area contributed by atoms with Gasteiger partial charge in [-0.25, -0.2) is 4.39 Å². The number of imide groups is 1. The van der Waals surface area contributed by atoms with E-state index in [4.69, 9.17) is 16.3 Å². The van der Waals surface area contributed by atoms with Gasteiger partial charge >= 0.3 is 5.97 Å². The lowest BCUT2D eigenvalue weighted by Crippen LogP contribution is -2.46. The summed E-state index contributed by atoms with van der Waals surface area (Å²) in [4.78, 5) is 41.1. The number of rotatable bonds is 3. The van der Waals surface area contributed by atoms with Crippen LogP contribution >= 0.6 is 27.5 Å². The summed E-state index contributed by atoms with van der Waals surface area (Å²) in [7, 11) is 0. The van der Waals surface area contributed by atoms with E-state index in [0.717, 1.165) is 4.90 Å². The average Bonchev–Trinajstić information content (AvgIpc) is 3.24. The van der Waals surface area contributed by atoms with Crippen LogP contribution in [0.25, 0.3) is 0 Å². The molecule has 0 saturated carbocycles.